The van der Waals surface area contributed by atoms with E-state index in [0.29, 0.717) is 10.8 Å². The van der Waals surface area contributed by atoms with Crippen LogP contribution >= 0.6 is 24.0 Å². The van der Waals surface area contributed by atoms with Crippen LogP contribution in [0.2, 0.25) is 0 Å². The summed E-state index contributed by atoms with van der Waals surface area (Å²) in [5.74, 6) is 0.986. The van der Waals surface area contributed by atoms with Crippen molar-refractivity contribution >= 4 is 46.7 Å². The van der Waals surface area contributed by atoms with Gasteiger partial charge in [0.2, 0.25) is 0 Å². The van der Waals surface area contributed by atoms with Gasteiger partial charge in [-0.15, -0.1) is 0 Å². The quantitative estimate of drug-likeness (QED) is 0.439. The predicted molar refractivity (Wildman–Crippen MR) is 94.2 cm³/mol. The average Bonchev–Trinajstić information content (AvgIpc) is 2.56. The molecule has 120 valence electrons. The van der Waals surface area contributed by atoms with E-state index in [0.717, 1.165) is 5.75 Å². The van der Waals surface area contributed by atoms with Gasteiger partial charge in [0.25, 0.3) is 0 Å². The molecule has 0 saturated heterocycles. The molecule has 0 atom stereocenters. The van der Waals surface area contributed by atoms with Gasteiger partial charge in [-0.1, -0.05) is 42.1 Å². The molecule has 0 radical (unpaired) electrons. The molecule has 1 aromatic heterocycles. The number of methoxy groups -OCH3 is 1. The predicted octanol–water partition coefficient (Wildman–Crippen LogP) is 2.40. The van der Waals surface area contributed by atoms with E-state index in [4.69, 9.17) is 18.0 Å². The summed E-state index contributed by atoms with van der Waals surface area (Å²) in [7, 11) is 1.24. The van der Waals surface area contributed by atoms with Crippen LogP contribution < -0.4 is 16.4 Å². The molecule has 2 aromatic rings. The number of thiocarbonyl (C=S) groups is 1. The first-order valence-corrected chi connectivity index (χ1v) is 7.93. The van der Waals surface area contributed by atoms with Gasteiger partial charge in [0.1, 0.15) is 5.69 Å². The number of rotatable bonds is 4. The van der Waals surface area contributed by atoms with Crippen LogP contribution in [-0.4, -0.2) is 28.3 Å². The summed E-state index contributed by atoms with van der Waals surface area (Å²) in [4.78, 5) is 19.5. The molecule has 2 rings (SSSR count). The highest BCUT2D eigenvalue weighted by molar-refractivity contribution is 7.98. The van der Waals surface area contributed by atoms with Crippen LogP contribution in [0.5, 0.6) is 0 Å². The van der Waals surface area contributed by atoms with Crippen molar-refractivity contribution in [2.75, 3.05) is 18.2 Å². The fraction of sp³-hybridized carbons (Fsp3) is 0.143. The highest BCUT2D eigenvalue weighted by Gasteiger charge is 2.09. The molecule has 9 heteroatoms. The van der Waals surface area contributed by atoms with Crippen LogP contribution in [0.25, 0.3) is 0 Å². The summed E-state index contributed by atoms with van der Waals surface area (Å²) >= 11 is 6.42. The van der Waals surface area contributed by atoms with E-state index < -0.39 is 6.09 Å². The van der Waals surface area contributed by atoms with Crippen molar-refractivity contribution in [2.24, 2.45) is 0 Å². The Bertz CT molecular complexity index is 697. The molecule has 0 aliphatic carbocycles. The topological polar surface area (TPSA) is 102 Å². The van der Waals surface area contributed by atoms with E-state index in [1.165, 1.54) is 30.6 Å². The third kappa shape index (κ3) is 5.38. The molecule has 0 aliphatic rings. The van der Waals surface area contributed by atoms with Crippen LogP contribution in [0, 0.1) is 0 Å². The van der Waals surface area contributed by atoms with Gasteiger partial charge < -0.3 is 15.8 Å². The lowest BCUT2D eigenvalue weighted by molar-refractivity contribution is 0.177. The number of nitrogens with one attached hydrogen (secondary N) is 2. The fourth-order valence-electron chi connectivity index (χ4n) is 1.56. The average molecular weight is 349 g/mol. The van der Waals surface area contributed by atoms with Crippen molar-refractivity contribution in [1.29, 1.82) is 0 Å². The van der Waals surface area contributed by atoms with Crippen LogP contribution in [0.1, 0.15) is 5.56 Å². The third-order valence-electron chi connectivity index (χ3n) is 2.66. The summed E-state index contributed by atoms with van der Waals surface area (Å²) < 4.78 is 4.44. The van der Waals surface area contributed by atoms with Crippen molar-refractivity contribution in [3.05, 3.63) is 42.1 Å². The van der Waals surface area contributed by atoms with Crippen molar-refractivity contribution in [3.8, 4) is 0 Å². The molecule has 0 fully saturated rings. The molecule has 0 bridgehead atoms. The summed E-state index contributed by atoms with van der Waals surface area (Å²) in [5, 5.41) is 5.66. The minimum atomic E-state index is -0.669. The second-order valence-electron chi connectivity index (χ2n) is 4.30. The maximum atomic E-state index is 11.0. The Kier molecular flexibility index (Phi) is 6.12. The summed E-state index contributed by atoms with van der Waals surface area (Å²) in [6, 6.07) is 9.99. The molecule has 1 heterocycles. The van der Waals surface area contributed by atoms with E-state index >= 15 is 0 Å². The molecular weight excluding hydrogens is 334 g/mol. The van der Waals surface area contributed by atoms with E-state index in [1.54, 1.807) is 0 Å². The van der Waals surface area contributed by atoms with Crippen molar-refractivity contribution in [2.45, 2.75) is 10.9 Å². The number of nitrogen functional groups attached to an aromatic ring is 1. The number of hydrogen-bond donors (Lipinski definition) is 3. The number of ether oxygens (including phenoxy) is 1. The second kappa shape index (κ2) is 8.30. The third-order valence-corrected chi connectivity index (χ3v) is 3.79. The number of aromatic nitrogens is 2. The SMILES string of the molecule is COC(=O)NC(=S)Nc1cnc(SCc2ccccc2)nc1N. The van der Waals surface area contributed by atoms with Gasteiger partial charge in [-0.3, -0.25) is 5.32 Å². The molecule has 7 nitrogen and oxygen atoms in total. The minimum Gasteiger partial charge on any atom is -0.453 e. The minimum absolute atomic E-state index is 0.0526. The van der Waals surface area contributed by atoms with Crippen LogP contribution in [0.4, 0.5) is 16.3 Å². The monoisotopic (exact) mass is 349 g/mol. The molecule has 1 amide bonds. The normalized spacial score (nSPS) is 9.96. The standard InChI is InChI=1S/C14H15N5O2S2/c1-21-14(20)19-12(22)17-10-7-16-13(18-11(10)15)23-8-9-5-3-2-4-6-9/h2-7H,8H2,1H3,(H2,15,16,18)(H2,17,19,20,22). The molecule has 1 aromatic carbocycles. The van der Waals surface area contributed by atoms with Gasteiger partial charge >= 0.3 is 6.09 Å². The summed E-state index contributed by atoms with van der Waals surface area (Å²) in [6.07, 6.45) is 0.845. The first-order chi connectivity index (χ1) is 11.1. The van der Waals surface area contributed by atoms with Gasteiger partial charge in [-0.05, 0) is 17.8 Å². The van der Waals surface area contributed by atoms with Crippen LogP contribution in [0.15, 0.2) is 41.7 Å². The Morgan fingerprint density at radius 3 is 2.78 bits per heavy atom. The number of benzene rings is 1. The van der Waals surface area contributed by atoms with E-state index in [9.17, 15) is 4.79 Å². The maximum absolute atomic E-state index is 11.0. The molecule has 0 unspecified atom stereocenters. The lowest BCUT2D eigenvalue weighted by atomic mass is 10.2. The van der Waals surface area contributed by atoms with Crippen molar-refractivity contribution < 1.29 is 9.53 Å². The number of nitrogens with two attached hydrogens (primary N) is 1. The molecule has 0 aliphatic heterocycles. The summed E-state index contributed by atoms with van der Waals surface area (Å²) in [5.41, 5.74) is 7.46. The lowest BCUT2D eigenvalue weighted by Crippen LogP contribution is -2.34. The highest BCUT2D eigenvalue weighted by atomic mass is 32.2. The number of hydrogen-bond acceptors (Lipinski definition) is 7. The Hall–Kier alpha value is -2.39. The van der Waals surface area contributed by atoms with Crippen molar-refractivity contribution in [3.63, 3.8) is 0 Å². The van der Waals surface area contributed by atoms with Crippen LogP contribution in [-0.2, 0) is 10.5 Å². The number of anilines is 2. The van der Waals surface area contributed by atoms with Gasteiger partial charge in [-0.25, -0.2) is 14.8 Å². The summed E-state index contributed by atoms with van der Waals surface area (Å²) in [6.45, 7) is 0. The van der Waals surface area contributed by atoms with Gasteiger partial charge in [0.05, 0.1) is 13.3 Å². The van der Waals surface area contributed by atoms with Crippen molar-refractivity contribution in [1.82, 2.24) is 15.3 Å². The fourth-order valence-corrected chi connectivity index (χ4v) is 2.53. The van der Waals surface area contributed by atoms with E-state index in [1.807, 2.05) is 30.3 Å². The molecule has 23 heavy (non-hydrogen) atoms. The molecule has 0 saturated carbocycles. The van der Waals surface area contributed by atoms with Gasteiger partial charge in [-0.2, -0.15) is 0 Å². The number of carbonyl (C=O) groups is 1. The maximum Gasteiger partial charge on any atom is 0.413 e. The zero-order chi connectivity index (χ0) is 16.7. The molecule has 0 spiro atoms. The lowest BCUT2D eigenvalue weighted by Gasteiger charge is -2.10. The molecule has 4 N–H and O–H groups in total. The molecular formula is C14H15N5O2S2. The number of alkyl carbamates (subject to hydrolysis) is 1. The Morgan fingerprint density at radius 1 is 1.39 bits per heavy atom. The van der Waals surface area contributed by atoms with E-state index in [2.05, 4.69) is 25.3 Å². The number of carbonyl (C=O) groups excluding carboxylic acids is 1. The number of nitrogens with zero attached hydrogens (tertiary/aromatic N) is 2. The Labute approximate surface area is 143 Å². The Morgan fingerprint density at radius 2 is 2.13 bits per heavy atom. The zero-order valence-corrected chi connectivity index (χ0v) is 13.9. The van der Waals surface area contributed by atoms with Gasteiger partial charge in [0.15, 0.2) is 16.1 Å². The van der Waals surface area contributed by atoms with Gasteiger partial charge in [0, 0.05) is 5.75 Å². The largest absolute Gasteiger partial charge is 0.453 e. The first kappa shape index (κ1) is 17.0. The zero-order valence-electron chi connectivity index (χ0n) is 12.3. The first-order valence-electron chi connectivity index (χ1n) is 6.53. The second-order valence-corrected chi connectivity index (χ2v) is 5.65. The highest BCUT2D eigenvalue weighted by Crippen LogP contribution is 2.22. The smallest absolute Gasteiger partial charge is 0.413 e. The number of amides is 1. The van der Waals surface area contributed by atoms with E-state index in [-0.39, 0.29) is 10.9 Å². The van der Waals surface area contributed by atoms with Crippen LogP contribution in [0.3, 0.4) is 0 Å². The Balaban J connectivity index is 1.95. The number of thioether (sulfide) groups is 1.